The first-order valence-corrected chi connectivity index (χ1v) is 9.00. The number of hydrogen-bond donors (Lipinski definition) is 2. The van der Waals surface area contributed by atoms with Crippen molar-refractivity contribution in [1.29, 1.82) is 0 Å². The summed E-state index contributed by atoms with van der Waals surface area (Å²) in [4.78, 5) is 25.1. The van der Waals surface area contributed by atoms with E-state index in [0.717, 1.165) is 0 Å². The number of hydrogen-bond acceptors (Lipinski definition) is 3. The van der Waals surface area contributed by atoms with E-state index in [9.17, 15) is 14.0 Å². The highest BCUT2D eigenvalue weighted by Gasteiger charge is 2.12. The molecule has 0 fully saturated rings. The molecule has 0 saturated heterocycles. The molecule has 0 bridgehead atoms. The Kier molecular flexibility index (Phi) is 7.29. The van der Waals surface area contributed by atoms with Crippen LogP contribution in [0.2, 0.25) is 0 Å². The summed E-state index contributed by atoms with van der Waals surface area (Å²) in [7, 11) is 0. The van der Waals surface area contributed by atoms with Crippen molar-refractivity contribution in [1.82, 2.24) is 4.90 Å². The van der Waals surface area contributed by atoms with Crippen LogP contribution in [-0.2, 0) is 16.1 Å². The van der Waals surface area contributed by atoms with Crippen LogP contribution < -0.4 is 10.6 Å². The van der Waals surface area contributed by atoms with E-state index >= 15 is 0 Å². The monoisotopic (exact) mass is 421 g/mol. The molecule has 7 heteroatoms. The molecule has 0 spiro atoms. The molecule has 2 aromatic carbocycles. The van der Waals surface area contributed by atoms with Gasteiger partial charge in [0.1, 0.15) is 5.82 Å². The van der Waals surface area contributed by atoms with Crippen molar-refractivity contribution in [2.24, 2.45) is 0 Å². The molecule has 0 aliphatic rings. The molecule has 2 amide bonds. The maximum absolute atomic E-state index is 14.0. The van der Waals surface area contributed by atoms with Gasteiger partial charge < -0.3 is 10.6 Å². The average Bonchev–Trinajstić information content (AvgIpc) is 2.57. The van der Waals surface area contributed by atoms with Gasteiger partial charge >= 0.3 is 0 Å². The predicted octanol–water partition coefficient (Wildman–Crippen LogP) is 4.01. The molecule has 0 heterocycles. The van der Waals surface area contributed by atoms with Crippen molar-refractivity contribution in [2.75, 3.05) is 23.7 Å². The van der Waals surface area contributed by atoms with Crippen molar-refractivity contribution in [3.8, 4) is 0 Å². The number of halogens is 2. The molecule has 0 aromatic heterocycles. The van der Waals surface area contributed by atoms with Crippen LogP contribution in [0, 0.1) is 5.82 Å². The highest BCUT2D eigenvalue weighted by molar-refractivity contribution is 9.10. The third-order valence-electron chi connectivity index (χ3n) is 3.71. The SMILES string of the molecule is CCN(CC(=O)Nc1ccc(NC(C)=O)cc1)Cc1ccc(Br)cc1F. The Hall–Kier alpha value is -2.25. The number of rotatable bonds is 7. The van der Waals surface area contributed by atoms with Crippen molar-refractivity contribution >= 4 is 39.1 Å². The summed E-state index contributed by atoms with van der Waals surface area (Å²) in [5.41, 5.74) is 1.84. The fourth-order valence-electron chi connectivity index (χ4n) is 2.41. The summed E-state index contributed by atoms with van der Waals surface area (Å²) < 4.78 is 14.7. The Morgan fingerprint density at radius 1 is 1.08 bits per heavy atom. The Balaban J connectivity index is 1.93. The summed E-state index contributed by atoms with van der Waals surface area (Å²) in [5, 5.41) is 5.47. The molecule has 0 unspecified atom stereocenters. The third kappa shape index (κ3) is 6.24. The molecule has 5 nitrogen and oxygen atoms in total. The third-order valence-corrected chi connectivity index (χ3v) is 4.21. The van der Waals surface area contributed by atoms with Crippen molar-refractivity contribution in [3.05, 3.63) is 58.3 Å². The first-order chi connectivity index (χ1) is 12.4. The van der Waals surface area contributed by atoms with E-state index < -0.39 is 0 Å². The molecular weight excluding hydrogens is 401 g/mol. The highest BCUT2D eigenvalue weighted by atomic mass is 79.9. The summed E-state index contributed by atoms with van der Waals surface area (Å²) >= 11 is 3.23. The first kappa shape index (κ1) is 20.1. The first-order valence-electron chi connectivity index (χ1n) is 8.21. The van der Waals surface area contributed by atoms with Gasteiger partial charge in [-0.15, -0.1) is 0 Å². The number of carbonyl (C=O) groups excluding carboxylic acids is 2. The molecule has 0 saturated carbocycles. The number of amides is 2. The molecule has 0 aliphatic heterocycles. The Labute approximate surface area is 160 Å². The van der Waals surface area contributed by atoms with Gasteiger partial charge in [-0.2, -0.15) is 0 Å². The standard InChI is InChI=1S/C19H21BrFN3O2/c1-3-24(11-14-4-5-15(20)10-18(14)21)12-19(26)23-17-8-6-16(7-9-17)22-13(2)25/h4-10H,3,11-12H2,1-2H3,(H,22,25)(H,23,26). The van der Waals surface area contributed by atoms with E-state index in [0.29, 0.717) is 34.5 Å². The number of benzene rings is 2. The van der Waals surface area contributed by atoms with Crippen LogP contribution in [0.3, 0.4) is 0 Å². The van der Waals surface area contributed by atoms with Crippen LogP contribution in [-0.4, -0.2) is 29.8 Å². The van der Waals surface area contributed by atoms with E-state index in [4.69, 9.17) is 0 Å². The maximum Gasteiger partial charge on any atom is 0.238 e. The summed E-state index contributed by atoms with van der Waals surface area (Å²) in [6.45, 7) is 4.48. The zero-order chi connectivity index (χ0) is 19.1. The van der Waals surface area contributed by atoms with Gasteiger partial charge in [0.2, 0.25) is 11.8 Å². The zero-order valence-corrected chi connectivity index (χ0v) is 16.3. The van der Waals surface area contributed by atoms with E-state index in [1.807, 2.05) is 11.8 Å². The number of carbonyl (C=O) groups is 2. The van der Waals surface area contributed by atoms with Crippen LogP contribution >= 0.6 is 15.9 Å². The molecule has 0 aliphatic carbocycles. The van der Waals surface area contributed by atoms with Crippen LogP contribution in [0.25, 0.3) is 0 Å². The lowest BCUT2D eigenvalue weighted by Gasteiger charge is -2.20. The smallest absolute Gasteiger partial charge is 0.238 e. The van der Waals surface area contributed by atoms with Gasteiger partial charge in [0.05, 0.1) is 6.54 Å². The van der Waals surface area contributed by atoms with E-state index in [2.05, 4.69) is 26.6 Å². The predicted molar refractivity (Wildman–Crippen MR) is 104 cm³/mol. The quantitative estimate of drug-likeness (QED) is 0.709. The number of nitrogens with one attached hydrogen (secondary N) is 2. The van der Waals surface area contributed by atoms with Crippen molar-refractivity contribution in [3.63, 3.8) is 0 Å². The van der Waals surface area contributed by atoms with Crippen molar-refractivity contribution < 1.29 is 14.0 Å². The van der Waals surface area contributed by atoms with E-state index in [-0.39, 0.29) is 24.2 Å². The molecular formula is C19H21BrFN3O2. The molecule has 138 valence electrons. The lowest BCUT2D eigenvalue weighted by Crippen LogP contribution is -2.33. The van der Waals surface area contributed by atoms with E-state index in [1.165, 1.54) is 13.0 Å². The largest absolute Gasteiger partial charge is 0.326 e. The maximum atomic E-state index is 14.0. The second kappa shape index (κ2) is 9.45. The van der Waals surface area contributed by atoms with Crippen LogP contribution in [0.15, 0.2) is 46.9 Å². The van der Waals surface area contributed by atoms with Gasteiger partial charge in [-0.05, 0) is 42.9 Å². The zero-order valence-electron chi connectivity index (χ0n) is 14.7. The molecule has 2 rings (SSSR count). The number of anilines is 2. The molecule has 0 radical (unpaired) electrons. The Morgan fingerprint density at radius 2 is 1.69 bits per heavy atom. The minimum absolute atomic E-state index is 0.152. The van der Waals surface area contributed by atoms with Gasteiger partial charge in [0.15, 0.2) is 0 Å². The minimum atomic E-state index is -0.299. The fraction of sp³-hybridized carbons (Fsp3) is 0.263. The molecule has 26 heavy (non-hydrogen) atoms. The average molecular weight is 422 g/mol. The van der Waals surface area contributed by atoms with Crippen LogP contribution in [0.1, 0.15) is 19.4 Å². The fourth-order valence-corrected chi connectivity index (χ4v) is 2.75. The molecule has 0 atom stereocenters. The van der Waals surface area contributed by atoms with Gasteiger partial charge in [-0.1, -0.05) is 28.9 Å². The van der Waals surface area contributed by atoms with Crippen molar-refractivity contribution in [2.45, 2.75) is 20.4 Å². The summed E-state index contributed by atoms with van der Waals surface area (Å²) in [6.07, 6.45) is 0. The normalized spacial score (nSPS) is 10.7. The van der Waals surface area contributed by atoms with Gasteiger partial charge in [0.25, 0.3) is 0 Å². The lowest BCUT2D eigenvalue weighted by molar-refractivity contribution is -0.117. The van der Waals surface area contributed by atoms with Gasteiger partial charge in [-0.25, -0.2) is 4.39 Å². The van der Waals surface area contributed by atoms with Crippen LogP contribution in [0.5, 0.6) is 0 Å². The van der Waals surface area contributed by atoms with Crippen LogP contribution in [0.4, 0.5) is 15.8 Å². The number of nitrogens with zero attached hydrogens (tertiary/aromatic N) is 1. The topological polar surface area (TPSA) is 61.4 Å². The second-order valence-electron chi connectivity index (χ2n) is 5.85. The summed E-state index contributed by atoms with van der Waals surface area (Å²) in [6, 6.07) is 11.8. The van der Waals surface area contributed by atoms with Gasteiger partial charge in [0, 0.05) is 34.9 Å². The number of likely N-dealkylation sites (N-methyl/N-ethyl adjacent to an activating group) is 1. The molecule has 2 N–H and O–H groups in total. The Morgan fingerprint density at radius 3 is 2.23 bits per heavy atom. The molecule has 2 aromatic rings. The van der Waals surface area contributed by atoms with Gasteiger partial charge in [-0.3, -0.25) is 14.5 Å². The summed E-state index contributed by atoms with van der Waals surface area (Å²) in [5.74, 6) is -0.635. The highest BCUT2D eigenvalue weighted by Crippen LogP contribution is 2.17. The minimum Gasteiger partial charge on any atom is -0.326 e. The Bertz CT molecular complexity index is 781. The lowest BCUT2D eigenvalue weighted by atomic mass is 10.2. The van der Waals surface area contributed by atoms with E-state index in [1.54, 1.807) is 36.4 Å². The second-order valence-corrected chi connectivity index (χ2v) is 6.76.